The van der Waals surface area contributed by atoms with Crippen LogP contribution in [0.3, 0.4) is 0 Å². The number of benzene rings is 2. The van der Waals surface area contributed by atoms with Crippen molar-refractivity contribution in [2.75, 3.05) is 5.32 Å². The first kappa shape index (κ1) is 14.0. The molecule has 6 heteroatoms. The van der Waals surface area contributed by atoms with E-state index in [0.29, 0.717) is 0 Å². The lowest BCUT2D eigenvalue weighted by molar-refractivity contribution is 0.102. The van der Waals surface area contributed by atoms with Crippen LogP contribution in [0.15, 0.2) is 40.9 Å². The van der Waals surface area contributed by atoms with E-state index in [1.807, 2.05) is 0 Å². The fourth-order valence-corrected chi connectivity index (χ4v) is 2.06. The highest BCUT2D eigenvalue weighted by atomic mass is 79.9. The molecule has 0 aromatic heterocycles. The maximum Gasteiger partial charge on any atom is 0.256 e. The first-order chi connectivity index (χ1) is 8.99. The average Bonchev–Trinajstić information content (AvgIpc) is 2.36. The number of nitrogens with one attached hydrogen (secondary N) is 1. The van der Waals surface area contributed by atoms with Gasteiger partial charge in [0.25, 0.3) is 5.91 Å². The molecule has 0 atom stereocenters. The van der Waals surface area contributed by atoms with Gasteiger partial charge in [-0.15, -0.1) is 0 Å². The number of halogens is 4. The van der Waals surface area contributed by atoms with Crippen LogP contribution in [0.2, 0.25) is 5.02 Å². The fourth-order valence-electron chi connectivity index (χ4n) is 1.46. The SMILES string of the molecule is O=C(Nc1ccc(Cl)cc1F)c1cccc(F)c1Br. The molecule has 0 heterocycles. The number of rotatable bonds is 2. The van der Waals surface area contributed by atoms with Crippen molar-refractivity contribution in [1.29, 1.82) is 0 Å². The Hall–Kier alpha value is -1.46. The summed E-state index contributed by atoms with van der Waals surface area (Å²) in [4.78, 5) is 11.9. The molecule has 0 saturated heterocycles. The second-order valence-corrected chi connectivity index (χ2v) is 4.91. The Bertz CT molecular complexity index is 649. The Balaban J connectivity index is 2.28. The van der Waals surface area contributed by atoms with Crippen molar-refractivity contribution in [2.24, 2.45) is 0 Å². The Morgan fingerprint density at radius 2 is 1.89 bits per heavy atom. The number of hydrogen-bond donors (Lipinski definition) is 1. The Kier molecular flexibility index (Phi) is 4.17. The minimum absolute atomic E-state index is 0.0226. The van der Waals surface area contributed by atoms with Gasteiger partial charge in [-0.3, -0.25) is 4.79 Å². The number of carbonyl (C=O) groups is 1. The van der Waals surface area contributed by atoms with Crippen LogP contribution >= 0.6 is 27.5 Å². The zero-order valence-electron chi connectivity index (χ0n) is 9.38. The summed E-state index contributed by atoms with van der Waals surface area (Å²) in [5, 5.41) is 2.58. The molecule has 0 fully saturated rings. The van der Waals surface area contributed by atoms with Crippen molar-refractivity contribution >= 4 is 39.1 Å². The first-order valence-electron chi connectivity index (χ1n) is 5.19. The van der Waals surface area contributed by atoms with E-state index in [9.17, 15) is 13.6 Å². The second-order valence-electron chi connectivity index (χ2n) is 3.68. The number of carbonyl (C=O) groups excluding carboxylic acids is 1. The standard InChI is InChI=1S/C13H7BrClF2NO/c14-12-8(2-1-3-9(12)16)13(19)18-11-5-4-7(15)6-10(11)17/h1-6H,(H,18,19). The highest BCUT2D eigenvalue weighted by molar-refractivity contribution is 9.10. The van der Waals surface area contributed by atoms with E-state index >= 15 is 0 Å². The van der Waals surface area contributed by atoms with Gasteiger partial charge in [0, 0.05) is 5.02 Å². The lowest BCUT2D eigenvalue weighted by atomic mass is 10.2. The van der Waals surface area contributed by atoms with Crippen LogP contribution in [-0.2, 0) is 0 Å². The third-order valence-electron chi connectivity index (χ3n) is 2.38. The molecule has 0 bridgehead atoms. The van der Waals surface area contributed by atoms with E-state index in [4.69, 9.17) is 11.6 Å². The Labute approximate surface area is 121 Å². The van der Waals surface area contributed by atoms with Gasteiger partial charge in [0.15, 0.2) is 0 Å². The van der Waals surface area contributed by atoms with Gasteiger partial charge in [-0.2, -0.15) is 0 Å². The monoisotopic (exact) mass is 345 g/mol. The van der Waals surface area contributed by atoms with Crippen LogP contribution in [0.4, 0.5) is 14.5 Å². The van der Waals surface area contributed by atoms with Crippen LogP contribution in [0.5, 0.6) is 0 Å². The van der Waals surface area contributed by atoms with Gasteiger partial charge < -0.3 is 5.32 Å². The molecule has 2 rings (SSSR count). The zero-order valence-corrected chi connectivity index (χ0v) is 11.7. The molecular weight excluding hydrogens is 340 g/mol. The second kappa shape index (κ2) is 5.67. The minimum Gasteiger partial charge on any atom is -0.319 e. The summed E-state index contributed by atoms with van der Waals surface area (Å²) in [7, 11) is 0. The number of anilines is 1. The number of hydrogen-bond acceptors (Lipinski definition) is 1. The molecule has 1 amide bonds. The Morgan fingerprint density at radius 1 is 1.16 bits per heavy atom. The van der Waals surface area contributed by atoms with Gasteiger partial charge in [0.1, 0.15) is 11.6 Å². The maximum absolute atomic E-state index is 13.5. The summed E-state index contributed by atoms with van der Waals surface area (Å²) in [6.45, 7) is 0. The largest absolute Gasteiger partial charge is 0.319 e. The average molecular weight is 347 g/mol. The van der Waals surface area contributed by atoms with E-state index < -0.39 is 17.5 Å². The molecule has 2 aromatic rings. The minimum atomic E-state index is -0.659. The number of amides is 1. The van der Waals surface area contributed by atoms with E-state index in [0.717, 1.165) is 6.07 Å². The predicted molar refractivity (Wildman–Crippen MR) is 73.5 cm³/mol. The van der Waals surface area contributed by atoms with Gasteiger partial charge in [-0.05, 0) is 46.3 Å². The third kappa shape index (κ3) is 3.11. The molecule has 2 aromatic carbocycles. The van der Waals surface area contributed by atoms with Crippen molar-refractivity contribution in [1.82, 2.24) is 0 Å². The van der Waals surface area contributed by atoms with Crippen molar-refractivity contribution in [3.05, 3.63) is 63.1 Å². The molecule has 0 aliphatic heterocycles. The van der Waals surface area contributed by atoms with Gasteiger partial charge >= 0.3 is 0 Å². The van der Waals surface area contributed by atoms with Gasteiger partial charge in [0.05, 0.1) is 15.7 Å². The molecule has 2 nitrogen and oxygen atoms in total. The quantitative estimate of drug-likeness (QED) is 0.844. The van der Waals surface area contributed by atoms with Crippen LogP contribution in [-0.4, -0.2) is 5.91 Å². The molecule has 0 saturated carbocycles. The molecule has 0 aliphatic carbocycles. The van der Waals surface area contributed by atoms with Crippen LogP contribution in [0.1, 0.15) is 10.4 Å². The fraction of sp³-hybridized carbons (Fsp3) is 0. The van der Waals surface area contributed by atoms with E-state index in [1.54, 1.807) is 0 Å². The summed E-state index contributed by atoms with van der Waals surface area (Å²) in [5.74, 6) is -1.84. The van der Waals surface area contributed by atoms with E-state index in [1.165, 1.54) is 30.3 Å². The van der Waals surface area contributed by atoms with Crippen molar-refractivity contribution in [3.8, 4) is 0 Å². The van der Waals surface area contributed by atoms with Gasteiger partial charge in [-0.1, -0.05) is 17.7 Å². The van der Waals surface area contributed by atoms with Gasteiger partial charge in [0.2, 0.25) is 0 Å². The summed E-state index contributed by atoms with van der Waals surface area (Å²) in [6.07, 6.45) is 0. The van der Waals surface area contributed by atoms with Crippen LogP contribution < -0.4 is 5.32 Å². The molecule has 1 N–H and O–H groups in total. The first-order valence-corrected chi connectivity index (χ1v) is 6.36. The smallest absolute Gasteiger partial charge is 0.256 e. The topological polar surface area (TPSA) is 29.1 Å². The summed E-state index contributed by atoms with van der Waals surface area (Å²) < 4.78 is 26.8. The summed E-state index contributed by atoms with van der Waals surface area (Å²) >= 11 is 8.58. The van der Waals surface area contributed by atoms with Crippen molar-refractivity contribution in [3.63, 3.8) is 0 Å². The molecule has 0 spiro atoms. The molecule has 19 heavy (non-hydrogen) atoms. The molecular formula is C13H7BrClF2NO. The maximum atomic E-state index is 13.5. The highest BCUT2D eigenvalue weighted by Gasteiger charge is 2.14. The molecule has 0 radical (unpaired) electrons. The molecule has 0 unspecified atom stereocenters. The third-order valence-corrected chi connectivity index (χ3v) is 3.42. The summed E-state index contributed by atoms with van der Waals surface area (Å²) in [5.41, 5.74) is 0.0555. The summed E-state index contributed by atoms with van der Waals surface area (Å²) in [6, 6.07) is 7.90. The predicted octanol–water partition coefficient (Wildman–Crippen LogP) is 4.63. The molecule has 98 valence electrons. The van der Waals surface area contributed by atoms with E-state index in [2.05, 4.69) is 21.2 Å². The van der Waals surface area contributed by atoms with Crippen molar-refractivity contribution in [2.45, 2.75) is 0 Å². The van der Waals surface area contributed by atoms with Crippen LogP contribution in [0, 0.1) is 11.6 Å². The molecule has 0 aliphatic rings. The van der Waals surface area contributed by atoms with E-state index in [-0.39, 0.29) is 20.7 Å². The zero-order chi connectivity index (χ0) is 14.0. The van der Waals surface area contributed by atoms with Crippen LogP contribution in [0.25, 0.3) is 0 Å². The normalized spacial score (nSPS) is 10.3. The lowest BCUT2D eigenvalue weighted by Gasteiger charge is -2.08. The lowest BCUT2D eigenvalue weighted by Crippen LogP contribution is -2.14. The Morgan fingerprint density at radius 3 is 2.58 bits per heavy atom. The highest BCUT2D eigenvalue weighted by Crippen LogP contribution is 2.23. The van der Waals surface area contributed by atoms with Gasteiger partial charge in [-0.25, -0.2) is 8.78 Å². The van der Waals surface area contributed by atoms with Crippen molar-refractivity contribution < 1.29 is 13.6 Å².